The average molecular weight is 377 g/mol. The van der Waals surface area contributed by atoms with Crippen LogP contribution in [0.2, 0.25) is 0 Å². The smallest absolute Gasteiger partial charge is 0.387 e. The summed E-state index contributed by atoms with van der Waals surface area (Å²) in [7, 11) is 0. The number of rotatable bonds is 10. The molecule has 27 heavy (non-hydrogen) atoms. The highest BCUT2D eigenvalue weighted by Gasteiger charge is 2.11. The Hall–Kier alpha value is -3.09. The minimum Gasteiger partial charge on any atom is -0.492 e. The molecule has 0 spiro atoms. The summed E-state index contributed by atoms with van der Waals surface area (Å²) in [5, 5.41) is 2.69. The molecule has 2 aromatic carbocycles. The maximum Gasteiger partial charge on any atom is 0.387 e. The molecule has 0 bridgehead atoms. The summed E-state index contributed by atoms with van der Waals surface area (Å²) in [5.41, 5.74) is 0.621. The van der Waals surface area contributed by atoms with Crippen molar-refractivity contribution >= 4 is 12.0 Å². The van der Waals surface area contributed by atoms with Crippen molar-refractivity contribution in [3.8, 4) is 17.2 Å². The van der Waals surface area contributed by atoms with Gasteiger partial charge in [0.25, 0.3) is 0 Å². The molecule has 0 aliphatic rings. The first-order valence-corrected chi connectivity index (χ1v) is 8.44. The minimum atomic E-state index is -2.94. The first-order chi connectivity index (χ1) is 13.1. The summed E-state index contributed by atoms with van der Waals surface area (Å²) in [4.78, 5) is 11.8. The molecule has 0 unspecified atom stereocenters. The zero-order valence-corrected chi connectivity index (χ0v) is 14.9. The molecule has 144 valence electrons. The number of nitrogens with one attached hydrogen (secondary N) is 1. The molecule has 2 aromatic rings. The maximum absolute atomic E-state index is 12.4. The van der Waals surface area contributed by atoms with E-state index in [9.17, 15) is 13.6 Å². The zero-order chi connectivity index (χ0) is 19.5. The molecule has 0 aliphatic heterocycles. The summed E-state index contributed by atoms with van der Waals surface area (Å²) >= 11 is 0. The Kier molecular flexibility index (Phi) is 8.09. The van der Waals surface area contributed by atoms with Gasteiger partial charge in [-0.05, 0) is 42.8 Å². The molecular weight excluding hydrogens is 356 g/mol. The van der Waals surface area contributed by atoms with Crippen LogP contribution >= 0.6 is 0 Å². The Morgan fingerprint density at radius 3 is 2.59 bits per heavy atom. The van der Waals surface area contributed by atoms with E-state index >= 15 is 0 Å². The van der Waals surface area contributed by atoms with Gasteiger partial charge in [-0.25, -0.2) is 0 Å². The fraction of sp³-hybridized carbons (Fsp3) is 0.250. The largest absolute Gasteiger partial charge is 0.492 e. The van der Waals surface area contributed by atoms with Gasteiger partial charge < -0.3 is 19.5 Å². The Labute approximate surface area is 156 Å². The molecule has 0 aromatic heterocycles. The molecule has 0 radical (unpaired) electrons. The van der Waals surface area contributed by atoms with Gasteiger partial charge in [0.1, 0.15) is 12.4 Å². The molecule has 0 heterocycles. The van der Waals surface area contributed by atoms with Crippen molar-refractivity contribution in [1.82, 2.24) is 5.32 Å². The molecule has 2 rings (SSSR count). The Balaban J connectivity index is 1.84. The van der Waals surface area contributed by atoms with Gasteiger partial charge in [0.2, 0.25) is 5.91 Å². The number of carbonyl (C=O) groups is 1. The fourth-order valence-electron chi connectivity index (χ4n) is 2.18. The molecule has 0 saturated heterocycles. The van der Waals surface area contributed by atoms with E-state index in [1.807, 2.05) is 30.3 Å². The van der Waals surface area contributed by atoms with E-state index in [0.29, 0.717) is 25.3 Å². The molecule has 0 atom stereocenters. The summed E-state index contributed by atoms with van der Waals surface area (Å²) < 4.78 is 40.0. The standard InChI is InChI=1S/C20H21F2NO4/c1-2-25-18-14-15(8-10-17(18)27-20(21)22)9-11-19(24)23-12-13-26-16-6-4-3-5-7-16/h3-11,14,20H,2,12-13H2,1H3,(H,23,24). The van der Waals surface area contributed by atoms with Crippen molar-refractivity contribution in [3.05, 3.63) is 60.2 Å². The van der Waals surface area contributed by atoms with Crippen molar-refractivity contribution in [1.29, 1.82) is 0 Å². The van der Waals surface area contributed by atoms with Crippen LogP contribution in [0.1, 0.15) is 12.5 Å². The number of para-hydroxylation sites is 1. The first-order valence-electron chi connectivity index (χ1n) is 8.44. The van der Waals surface area contributed by atoms with Gasteiger partial charge in [-0.15, -0.1) is 0 Å². The number of halogens is 2. The minimum absolute atomic E-state index is 0.0495. The first kappa shape index (κ1) is 20.2. The van der Waals surface area contributed by atoms with Gasteiger partial charge in [0, 0.05) is 6.08 Å². The van der Waals surface area contributed by atoms with Crippen LogP contribution in [0.4, 0.5) is 8.78 Å². The van der Waals surface area contributed by atoms with Crippen LogP contribution in [0.5, 0.6) is 17.2 Å². The number of hydrogen-bond acceptors (Lipinski definition) is 4. The molecule has 1 amide bonds. The highest BCUT2D eigenvalue weighted by molar-refractivity contribution is 5.91. The molecule has 7 heteroatoms. The predicted molar refractivity (Wildman–Crippen MR) is 98.2 cm³/mol. The number of carbonyl (C=O) groups excluding carboxylic acids is 1. The van der Waals surface area contributed by atoms with Gasteiger partial charge in [0.05, 0.1) is 13.2 Å². The molecule has 0 fully saturated rings. The Morgan fingerprint density at radius 2 is 1.89 bits per heavy atom. The molecular formula is C20H21F2NO4. The van der Waals surface area contributed by atoms with Crippen LogP contribution in [-0.4, -0.2) is 32.3 Å². The average Bonchev–Trinajstić information content (AvgIpc) is 2.66. The quantitative estimate of drug-likeness (QED) is 0.504. The third kappa shape index (κ3) is 7.35. The lowest BCUT2D eigenvalue weighted by molar-refractivity contribution is -0.116. The Bertz CT molecular complexity index is 751. The normalized spacial score (nSPS) is 10.8. The monoisotopic (exact) mass is 377 g/mol. The van der Waals surface area contributed by atoms with Crippen molar-refractivity contribution in [2.75, 3.05) is 19.8 Å². The second-order valence-corrected chi connectivity index (χ2v) is 5.30. The number of amides is 1. The molecule has 5 nitrogen and oxygen atoms in total. The SMILES string of the molecule is CCOc1cc(C=CC(=O)NCCOc2ccccc2)ccc1OC(F)F. The van der Waals surface area contributed by atoms with Gasteiger partial charge in [0.15, 0.2) is 11.5 Å². The summed E-state index contributed by atoms with van der Waals surface area (Å²) in [6, 6.07) is 13.8. The third-order valence-electron chi connectivity index (χ3n) is 3.32. The van der Waals surface area contributed by atoms with Crippen LogP contribution in [0.25, 0.3) is 6.08 Å². The number of benzene rings is 2. The van der Waals surface area contributed by atoms with Crippen molar-refractivity contribution in [2.24, 2.45) is 0 Å². The second-order valence-electron chi connectivity index (χ2n) is 5.30. The highest BCUT2D eigenvalue weighted by Crippen LogP contribution is 2.30. The summed E-state index contributed by atoms with van der Waals surface area (Å²) in [6.45, 7) is -0.204. The Morgan fingerprint density at radius 1 is 1.11 bits per heavy atom. The lowest BCUT2D eigenvalue weighted by Gasteiger charge is -2.11. The van der Waals surface area contributed by atoms with Crippen LogP contribution in [0, 0.1) is 0 Å². The maximum atomic E-state index is 12.4. The van der Waals surface area contributed by atoms with E-state index in [1.165, 1.54) is 18.2 Å². The zero-order valence-electron chi connectivity index (χ0n) is 14.9. The molecule has 0 saturated carbocycles. The lowest BCUT2D eigenvalue weighted by atomic mass is 10.2. The van der Waals surface area contributed by atoms with E-state index in [1.54, 1.807) is 19.1 Å². The van der Waals surface area contributed by atoms with E-state index in [0.717, 1.165) is 5.75 Å². The van der Waals surface area contributed by atoms with Crippen LogP contribution in [0.3, 0.4) is 0 Å². The number of hydrogen-bond donors (Lipinski definition) is 1. The van der Waals surface area contributed by atoms with Crippen molar-refractivity contribution in [2.45, 2.75) is 13.5 Å². The second kappa shape index (κ2) is 10.8. The van der Waals surface area contributed by atoms with E-state index in [4.69, 9.17) is 9.47 Å². The number of ether oxygens (including phenoxy) is 3. The summed E-state index contributed by atoms with van der Waals surface area (Å²) in [5.74, 6) is 0.581. The van der Waals surface area contributed by atoms with Gasteiger partial charge in [-0.2, -0.15) is 8.78 Å². The third-order valence-corrected chi connectivity index (χ3v) is 3.32. The van der Waals surface area contributed by atoms with Crippen molar-refractivity contribution in [3.63, 3.8) is 0 Å². The molecule has 0 aliphatic carbocycles. The van der Waals surface area contributed by atoms with Crippen molar-refractivity contribution < 1.29 is 27.8 Å². The lowest BCUT2D eigenvalue weighted by Crippen LogP contribution is -2.26. The van der Waals surface area contributed by atoms with E-state index in [-0.39, 0.29) is 17.4 Å². The van der Waals surface area contributed by atoms with Gasteiger partial charge in [-0.1, -0.05) is 24.3 Å². The van der Waals surface area contributed by atoms with E-state index < -0.39 is 6.61 Å². The fourth-order valence-corrected chi connectivity index (χ4v) is 2.18. The van der Waals surface area contributed by atoms with Gasteiger partial charge >= 0.3 is 6.61 Å². The predicted octanol–water partition coefficient (Wildman–Crippen LogP) is 3.90. The number of alkyl halides is 2. The molecule has 1 N–H and O–H groups in total. The van der Waals surface area contributed by atoms with Crippen LogP contribution in [0.15, 0.2) is 54.6 Å². The van der Waals surface area contributed by atoms with Crippen LogP contribution < -0.4 is 19.5 Å². The van der Waals surface area contributed by atoms with Gasteiger partial charge in [-0.3, -0.25) is 4.79 Å². The topological polar surface area (TPSA) is 56.8 Å². The van der Waals surface area contributed by atoms with Crippen LogP contribution in [-0.2, 0) is 4.79 Å². The van der Waals surface area contributed by atoms with E-state index in [2.05, 4.69) is 10.1 Å². The highest BCUT2D eigenvalue weighted by atomic mass is 19.3. The summed E-state index contributed by atoms with van der Waals surface area (Å²) in [6.07, 6.45) is 2.91.